The van der Waals surface area contributed by atoms with Gasteiger partial charge in [0.1, 0.15) is 7.05 Å². The molecule has 0 saturated heterocycles. The molecule has 1 aromatic heterocycles. The minimum absolute atomic E-state index is 0.776. The van der Waals surface area contributed by atoms with Crippen LogP contribution in [0.4, 0.5) is 0 Å². The predicted octanol–water partition coefficient (Wildman–Crippen LogP) is 3.08. The van der Waals surface area contributed by atoms with E-state index in [9.17, 15) is 0 Å². The first-order valence-electron chi connectivity index (χ1n) is 3.91. The van der Waals surface area contributed by atoms with Crippen LogP contribution in [0, 0.1) is 0 Å². The lowest BCUT2D eigenvalue weighted by Gasteiger charge is -2.00. The lowest BCUT2D eigenvalue weighted by Crippen LogP contribution is -2.25. The third kappa shape index (κ3) is 1.56. The van der Waals surface area contributed by atoms with Crippen LogP contribution in [-0.2, 0) is 7.05 Å². The molecule has 0 spiro atoms. The number of pyridine rings is 1. The summed E-state index contributed by atoms with van der Waals surface area (Å²) in [7, 11) is 2.00. The molecule has 1 heterocycles. The number of aryl methyl sites for hydroxylation is 1. The second-order valence-electron chi connectivity index (χ2n) is 2.97. The molecule has 0 saturated carbocycles. The number of hydrogen-bond acceptors (Lipinski definition) is 0. The standard InChI is InChI=1S/C10H8BrClN/c1-13-5-4-8-7(6-13)2-3-9(11)10(8)12/h2-6H,1H3/q+1. The molecule has 0 aliphatic rings. The van der Waals surface area contributed by atoms with Gasteiger partial charge in [-0.2, -0.15) is 0 Å². The maximum atomic E-state index is 6.12. The number of aromatic nitrogens is 1. The molecular formula is C10H8BrClN+. The van der Waals surface area contributed by atoms with Crippen molar-refractivity contribution in [3.8, 4) is 0 Å². The highest BCUT2D eigenvalue weighted by Crippen LogP contribution is 2.29. The normalized spacial score (nSPS) is 10.7. The first kappa shape index (κ1) is 8.97. The van der Waals surface area contributed by atoms with Gasteiger partial charge >= 0.3 is 0 Å². The van der Waals surface area contributed by atoms with Crippen molar-refractivity contribution in [1.29, 1.82) is 0 Å². The fourth-order valence-electron chi connectivity index (χ4n) is 1.32. The molecule has 0 radical (unpaired) electrons. The summed E-state index contributed by atoms with van der Waals surface area (Å²) in [5, 5.41) is 3.01. The molecule has 3 heteroatoms. The van der Waals surface area contributed by atoms with Crippen molar-refractivity contribution in [2.45, 2.75) is 0 Å². The molecule has 2 rings (SSSR count). The Bertz CT molecular complexity index is 468. The Hall–Kier alpha value is -0.600. The van der Waals surface area contributed by atoms with Gasteiger partial charge in [0.2, 0.25) is 0 Å². The van der Waals surface area contributed by atoms with E-state index in [1.165, 1.54) is 0 Å². The monoisotopic (exact) mass is 256 g/mol. The second kappa shape index (κ2) is 3.28. The first-order valence-corrected chi connectivity index (χ1v) is 5.08. The average molecular weight is 258 g/mol. The van der Waals surface area contributed by atoms with Crippen LogP contribution in [-0.4, -0.2) is 0 Å². The largest absolute Gasteiger partial charge is 0.207 e. The van der Waals surface area contributed by atoms with Crippen LogP contribution >= 0.6 is 27.5 Å². The predicted molar refractivity (Wildman–Crippen MR) is 57.8 cm³/mol. The summed E-state index contributed by atoms with van der Waals surface area (Å²) in [6, 6.07) is 6.03. The summed E-state index contributed by atoms with van der Waals surface area (Å²) < 4.78 is 2.95. The van der Waals surface area contributed by atoms with Crippen molar-refractivity contribution >= 4 is 38.3 Å². The Balaban J connectivity index is 2.87. The van der Waals surface area contributed by atoms with E-state index in [1.54, 1.807) is 0 Å². The smallest absolute Gasteiger partial charge is 0.176 e. The molecule has 1 aromatic carbocycles. The fraction of sp³-hybridized carbons (Fsp3) is 0.100. The molecule has 0 amide bonds. The molecule has 0 atom stereocenters. The van der Waals surface area contributed by atoms with Crippen LogP contribution in [0.2, 0.25) is 5.02 Å². The molecule has 0 bridgehead atoms. The fourth-order valence-corrected chi connectivity index (χ4v) is 1.90. The summed E-state index contributed by atoms with van der Waals surface area (Å²) in [4.78, 5) is 0. The Kier molecular flexibility index (Phi) is 2.26. The number of benzene rings is 1. The van der Waals surface area contributed by atoms with Crippen molar-refractivity contribution in [2.75, 3.05) is 0 Å². The third-order valence-electron chi connectivity index (χ3n) is 1.99. The minimum atomic E-state index is 0.776. The second-order valence-corrected chi connectivity index (χ2v) is 4.21. The van der Waals surface area contributed by atoms with E-state index in [0.29, 0.717) is 0 Å². The molecule has 0 fully saturated rings. The summed E-state index contributed by atoms with van der Waals surface area (Å²) in [5.74, 6) is 0. The van der Waals surface area contributed by atoms with Crippen LogP contribution < -0.4 is 4.57 Å². The molecular weight excluding hydrogens is 249 g/mol. The lowest BCUT2D eigenvalue weighted by atomic mass is 10.2. The first-order chi connectivity index (χ1) is 6.18. The van der Waals surface area contributed by atoms with Gasteiger partial charge in [-0.1, -0.05) is 11.6 Å². The van der Waals surface area contributed by atoms with Gasteiger partial charge in [-0.25, -0.2) is 4.57 Å². The highest BCUT2D eigenvalue weighted by atomic mass is 79.9. The van der Waals surface area contributed by atoms with Crippen molar-refractivity contribution in [1.82, 2.24) is 0 Å². The number of fused-ring (bicyclic) bond motifs is 1. The molecule has 13 heavy (non-hydrogen) atoms. The van der Waals surface area contributed by atoms with E-state index >= 15 is 0 Å². The number of halogens is 2. The number of nitrogens with zero attached hydrogens (tertiary/aromatic N) is 1. The Morgan fingerprint density at radius 1 is 1.31 bits per heavy atom. The molecule has 0 aliphatic heterocycles. The van der Waals surface area contributed by atoms with Crippen molar-refractivity contribution < 1.29 is 4.57 Å². The summed E-state index contributed by atoms with van der Waals surface area (Å²) in [6.07, 6.45) is 4.04. The molecule has 1 nitrogen and oxygen atoms in total. The van der Waals surface area contributed by atoms with E-state index < -0.39 is 0 Å². The Morgan fingerprint density at radius 3 is 2.85 bits per heavy atom. The lowest BCUT2D eigenvalue weighted by molar-refractivity contribution is -0.670. The summed E-state index contributed by atoms with van der Waals surface area (Å²) >= 11 is 9.52. The topological polar surface area (TPSA) is 3.88 Å². The van der Waals surface area contributed by atoms with Crippen LogP contribution in [0.5, 0.6) is 0 Å². The van der Waals surface area contributed by atoms with Gasteiger partial charge in [-0.15, -0.1) is 0 Å². The van der Waals surface area contributed by atoms with Crippen LogP contribution in [0.15, 0.2) is 35.1 Å². The Morgan fingerprint density at radius 2 is 2.08 bits per heavy atom. The average Bonchev–Trinajstić information content (AvgIpc) is 2.12. The van der Waals surface area contributed by atoms with Crippen LogP contribution in [0.25, 0.3) is 10.8 Å². The van der Waals surface area contributed by atoms with E-state index in [1.807, 2.05) is 42.2 Å². The molecule has 66 valence electrons. The highest BCUT2D eigenvalue weighted by Gasteiger charge is 2.05. The van der Waals surface area contributed by atoms with E-state index in [-0.39, 0.29) is 0 Å². The number of hydrogen-bond donors (Lipinski definition) is 0. The van der Waals surface area contributed by atoms with Gasteiger partial charge in [0, 0.05) is 21.3 Å². The zero-order valence-electron chi connectivity index (χ0n) is 7.09. The maximum Gasteiger partial charge on any atom is 0.176 e. The Labute approximate surface area is 90.1 Å². The van der Waals surface area contributed by atoms with E-state index in [2.05, 4.69) is 15.9 Å². The maximum absolute atomic E-state index is 6.12. The van der Waals surface area contributed by atoms with Gasteiger partial charge in [0.05, 0.1) is 5.02 Å². The van der Waals surface area contributed by atoms with Crippen LogP contribution in [0.3, 0.4) is 0 Å². The zero-order chi connectivity index (χ0) is 9.42. The van der Waals surface area contributed by atoms with Crippen molar-refractivity contribution in [3.05, 3.63) is 40.1 Å². The molecule has 2 aromatic rings. The van der Waals surface area contributed by atoms with Gasteiger partial charge in [0.15, 0.2) is 12.4 Å². The summed E-state index contributed by atoms with van der Waals surface area (Å²) in [5.41, 5.74) is 0. The van der Waals surface area contributed by atoms with Crippen molar-refractivity contribution in [3.63, 3.8) is 0 Å². The third-order valence-corrected chi connectivity index (χ3v) is 3.28. The highest BCUT2D eigenvalue weighted by molar-refractivity contribution is 9.10. The molecule has 0 N–H and O–H groups in total. The molecule has 0 aliphatic carbocycles. The van der Waals surface area contributed by atoms with Gasteiger partial charge < -0.3 is 0 Å². The molecule has 0 unspecified atom stereocenters. The SMILES string of the molecule is C[n+]1ccc2c(Cl)c(Br)ccc2c1. The van der Waals surface area contributed by atoms with E-state index in [0.717, 1.165) is 20.3 Å². The van der Waals surface area contributed by atoms with E-state index in [4.69, 9.17) is 11.6 Å². The van der Waals surface area contributed by atoms with Crippen LogP contribution in [0.1, 0.15) is 0 Å². The van der Waals surface area contributed by atoms with Gasteiger partial charge in [-0.3, -0.25) is 0 Å². The quantitative estimate of drug-likeness (QED) is 0.639. The van der Waals surface area contributed by atoms with Gasteiger partial charge in [0.25, 0.3) is 0 Å². The van der Waals surface area contributed by atoms with Crippen molar-refractivity contribution in [2.24, 2.45) is 7.05 Å². The van der Waals surface area contributed by atoms with Gasteiger partial charge in [-0.05, 0) is 28.1 Å². The number of rotatable bonds is 0. The minimum Gasteiger partial charge on any atom is -0.207 e. The summed E-state index contributed by atoms with van der Waals surface area (Å²) in [6.45, 7) is 0. The zero-order valence-corrected chi connectivity index (χ0v) is 9.43.